The Kier molecular flexibility index (Phi) is 2.86. The van der Waals surface area contributed by atoms with Crippen molar-refractivity contribution < 1.29 is 4.79 Å². The Hall–Kier alpha value is -1.56. The zero-order chi connectivity index (χ0) is 10.7. The van der Waals surface area contributed by atoms with Crippen molar-refractivity contribution in [3.63, 3.8) is 0 Å². The number of hydrogen-bond donors (Lipinski definition) is 0. The van der Waals surface area contributed by atoms with Crippen LogP contribution in [-0.2, 0) is 13.5 Å². The van der Waals surface area contributed by atoms with Gasteiger partial charge in [-0.1, -0.05) is 4.49 Å². The molecule has 2 heterocycles. The highest BCUT2D eigenvalue weighted by atomic mass is 32.1. The van der Waals surface area contributed by atoms with Crippen molar-refractivity contribution >= 4 is 17.3 Å². The molecule has 0 saturated heterocycles. The van der Waals surface area contributed by atoms with E-state index in [1.165, 1.54) is 11.5 Å². The highest BCUT2D eigenvalue weighted by Gasteiger charge is 2.09. The summed E-state index contributed by atoms with van der Waals surface area (Å²) in [5, 5.41) is 9.44. The van der Waals surface area contributed by atoms with Gasteiger partial charge < -0.3 is 0 Å². The van der Waals surface area contributed by atoms with Crippen LogP contribution in [0.5, 0.6) is 0 Å². The van der Waals surface area contributed by atoms with Crippen molar-refractivity contribution in [3.05, 3.63) is 29.0 Å². The minimum absolute atomic E-state index is 0.0324. The highest BCUT2D eigenvalue weighted by molar-refractivity contribution is 7.03. The van der Waals surface area contributed by atoms with Crippen molar-refractivity contribution in [2.24, 2.45) is 7.05 Å². The van der Waals surface area contributed by atoms with E-state index in [0.717, 1.165) is 5.69 Å². The van der Waals surface area contributed by atoms with Crippen LogP contribution in [0.2, 0.25) is 0 Å². The van der Waals surface area contributed by atoms with Gasteiger partial charge in [0.25, 0.3) is 0 Å². The van der Waals surface area contributed by atoms with E-state index in [4.69, 9.17) is 0 Å². The summed E-state index contributed by atoms with van der Waals surface area (Å²) < 4.78 is 5.43. The van der Waals surface area contributed by atoms with Gasteiger partial charge in [0.2, 0.25) is 0 Å². The van der Waals surface area contributed by atoms with Gasteiger partial charge >= 0.3 is 0 Å². The first-order valence-corrected chi connectivity index (χ1v) is 5.38. The van der Waals surface area contributed by atoms with E-state index >= 15 is 0 Å². The van der Waals surface area contributed by atoms with Crippen molar-refractivity contribution in [2.75, 3.05) is 0 Å². The summed E-state index contributed by atoms with van der Waals surface area (Å²) >= 11 is 1.19. The molecule has 0 unspecified atom stereocenters. The van der Waals surface area contributed by atoms with Crippen LogP contribution >= 0.6 is 11.5 Å². The summed E-state index contributed by atoms with van der Waals surface area (Å²) in [6.07, 6.45) is 2.86. The number of aryl methyl sites for hydroxylation is 2. The Labute approximate surface area is 90.9 Å². The normalized spacial score (nSPS) is 10.5. The Bertz CT molecular complexity index is 448. The van der Waals surface area contributed by atoms with Gasteiger partial charge in [-0.2, -0.15) is 5.10 Å². The number of ketones is 1. The lowest BCUT2D eigenvalue weighted by molar-refractivity contribution is 0.0977. The predicted octanol–water partition coefficient (Wildman–Crippen LogP) is 1.09. The number of carbonyl (C=O) groups is 1. The first kappa shape index (κ1) is 9.97. The molecule has 0 radical (unpaired) electrons. The minimum atomic E-state index is 0.0324. The molecule has 2 rings (SSSR count). The second-order valence-electron chi connectivity index (χ2n) is 3.16. The number of nitrogens with zero attached hydrogens (tertiary/aromatic N) is 4. The van der Waals surface area contributed by atoms with E-state index in [-0.39, 0.29) is 5.78 Å². The lowest BCUT2D eigenvalue weighted by Gasteiger charge is -1.99. The summed E-state index contributed by atoms with van der Waals surface area (Å²) in [5.41, 5.74) is 1.51. The number of Topliss-reactive ketones (excluding diaryl/α,β-unsaturated/α-hetero) is 1. The topological polar surface area (TPSA) is 60.7 Å². The average molecular weight is 222 g/mol. The van der Waals surface area contributed by atoms with Crippen LogP contribution in [0.25, 0.3) is 0 Å². The predicted molar refractivity (Wildman–Crippen MR) is 55.8 cm³/mol. The molecule has 15 heavy (non-hydrogen) atoms. The Balaban J connectivity index is 1.95. The van der Waals surface area contributed by atoms with E-state index in [1.54, 1.807) is 16.3 Å². The number of hydrogen-bond acceptors (Lipinski definition) is 5. The molecule has 5 nitrogen and oxygen atoms in total. The molecule has 0 aromatic carbocycles. The molecule has 0 amide bonds. The molecule has 0 aliphatic rings. The van der Waals surface area contributed by atoms with Crippen molar-refractivity contribution in [3.8, 4) is 0 Å². The molecule has 0 fully saturated rings. The van der Waals surface area contributed by atoms with Gasteiger partial charge in [-0.25, -0.2) is 0 Å². The fraction of sp³-hybridized carbons (Fsp3) is 0.333. The fourth-order valence-electron chi connectivity index (χ4n) is 1.30. The van der Waals surface area contributed by atoms with Crippen molar-refractivity contribution in [2.45, 2.75) is 12.8 Å². The second kappa shape index (κ2) is 4.31. The van der Waals surface area contributed by atoms with Crippen LogP contribution in [0, 0.1) is 0 Å². The van der Waals surface area contributed by atoms with Crippen LogP contribution in [0.15, 0.2) is 17.6 Å². The second-order valence-corrected chi connectivity index (χ2v) is 3.77. The molecule has 0 aliphatic carbocycles. The Morgan fingerprint density at radius 1 is 1.60 bits per heavy atom. The molecule has 78 valence electrons. The summed E-state index contributed by atoms with van der Waals surface area (Å²) in [5.74, 6) is 0.0324. The molecular weight excluding hydrogens is 212 g/mol. The third-order valence-corrected chi connectivity index (χ3v) is 2.68. The third-order valence-electron chi connectivity index (χ3n) is 2.18. The van der Waals surface area contributed by atoms with E-state index < -0.39 is 0 Å². The first-order valence-electron chi connectivity index (χ1n) is 4.54. The molecule has 2 aromatic rings. The van der Waals surface area contributed by atoms with Gasteiger partial charge in [0.1, 0.15) is 5.69 Å². The van der Waals surface area contributed by atoms with Gasteiger partial charge in [0, 0.05) is 30.7 Å². The molecule has 6 heteroatoms. The quantitative estimate of drug-likeness (QED) is 0.726. The maximum atomic E-state index is 11.6. The van der Waals surface area contributed by atoms with E-state index in [0.29, 0.717) is 18.5 Å². The third kappa shape index (κ3) is 2.27. The molecule has 0 saturated carbocycles. The lowest BCUT2D eigenvalue weighted by Crippen LogP contribution is -2.05. The highest BCUT2D eigenvalue weighted by Crippen LogP contribution is 2.06. The van der Waals surface area contributed by atoms with Crippen LogP contribution in [0.4, 0.5) is 0 Å². The number of rotatable bonds is 4. The van der Waals surface area contributed by atoms with Crippen LogP contribution in [0.1, 0.15) is 22.6 Å². The Morgan fingerprint density at radius 3 is 3.07 bits per heavy atom. The summed E-state index contributed by atoms with van der Waals surface area (Å²) in [7, 11) is 1.87. The van der Waals surface area contributed by atoms with Gasteiger partial charge in [-0.15, -0.1) is 5.10 Å². The molecule has 0 bridgehead atoms. The number of carbonyl (C=O) groups excluding carboxylic acids is 1. The molecule has 0 spiro atoms. The first-order chi connectivity index (χ1) is 7.27. The summed E-state index contributed by atoms with van der Waals surface area (Å²) in [6.45, 7) is 0. The van der Waals surface area contributed by atoms with E-state index in [9.17, 15) is 4.79 Å². The Morgan fingerprint density at radius 2 is 2.47 bits per heavy atom. The largest absolute Gasteiger partial charge is 0.292 e. The van der Waals surface area contributed by atoms with Gasteiger partial charge in [-0.3, -0.25) is 9.48 Å². The van der Waals surface area contributed by atoms with Crippen LogP contribution in [-0.4, -0.2) is 25.2 Å². The minimum Gasteiger partial charge on any atom is -0.292 e. The van der Waals surface area contributed by atoms with Crippen LogP contribution < -0.4 is 0 Å². The maximum absolute atomic E-state index is 11.6. The maximum Gasteiger partial charge on any atom is 0.184 e. The molecule has 0 N–H and O–H groups in total. The monoisotopic (exact) mass is 222 g/mol. The molecule has 0 atom stereocenters. The van der Waals surface area contributed by atoms with Gasteiger partial charge in [0.05, 0.1) is 0 Å². The standard InChI is InChI=1S/C9H10N4OS/c1-13-7(4-5-10-13)2-3-9(14)8-6-15-12-11-8/h4-6H,2-3H2,1H3. The van der Waals surface area contributed by atoms with Crippen LogP contribution in [0.3, 0.4) is 0 Å². The van der Waals surface area contributed by atoms with Gasteiger partial charge in [-0.05, 0) is 24.0 Å². The number of aromatic nitrogens is 4. The van der Waals surface area contributed by atoms with Gasteiger partial charge in [0.15, 0.2) is 5.78 Å². The van der Waals surface area contributed by atoms with Crippen molar-refractivity contribution in [1.82, 2.24) is 19.4 Å². The SMILES string of the molecule is Cn1nccc1CCC(=O)c1csnn1. The zero-order valence-electron chi connectivity index (χ0n) is 8.25. The molecule has 2 aromatic heterocycles. The lowest BCUT2D eigenvalue weighted by atomic mass is 10.1. The zero-order valence-corrected chi connectivity index (χ0v) is 9.07. The molecule has 0 aliphatic heterocycles. The summed E-state index contributed by atoms with van der Waals surface area (Å²) in [4.78, 5) is 11.6. The van der Waals surface area contributed by atoms with E-state index in [2.05, 4.69) is 14.7 Å². The fourth-order valence-corrected chi connectivity index (χ4v) is 1.76. The van der Waals surface area contributed by atoms with Crippen molar-refractivity contribution in [1.29, 1.82) is 0 Å². The smallest absolute Gasteiger partial charge is 0.184 e. The average Bonchev–Trinajstić information content (AvgIpc) is 2.85. The summed E-state index contributed by atoms with van der Waals surface area (Å²) in [6, 6.07) is 1.91. The van der Waals surface area contributed by atoms with E-state index in [1.807, 2.05) is 13.1 Å². The molecular formula is C9H10N4OS.